The number of benzene rings is 1. The zero-order chi connectivity index (χ0) is 18.4. The maximum atomic E-state index is 4.95. The number of rotatable bonds is 2. The van der Waals surface area contributed by atoms with E-state index in [9.17, 15) is 0 Å². The molecule has 0 saturated carbocycles. The van der Waals surface area contributed by atoms with E-state index in [1.807, 2.05) is 0 Å². The number of nitrogens with one attached hydrogen (secondary N) is 1. The molecule has 1 fully saturated rings. The molecule has 0 spiro atoms. The molecule has 1 saturated heterocycles. The van der Waals surface area contributed by atoms with Crippen LogP contribution >= 0.6 is 0 Å². The van der Waals surface area contributed by atoms with Crippen molar-refractivity contribution in [2.75, 3.05) is 31.1 Å². The van der Waals surface area contributed by atoms with Gasteiger partial charge in [-0.1, -0.05) is 17.7 Å². The number of pyridine rings is 1. The smallest absolute Gasteiger partial charge is 0.147 e. The van der Waals surface area contributed by atoms with Gasteiger partial charge in [-0.25, -0.2) is 4.98 Å². The molecule has 3 aromatic rings. The Hall–Kier alpha value is -2.33. The summed E-state index contributed by atoms with van der Waals surface area (Å²) in [6, 6.07) is 6.77. The van der Waals surface area contributed by atoms with Crippen molar-refractivity contribution in [2.45, 2.75) is 34.6 Å². The molecule has 3 heterocycles. The summed E-state index contributed by atoms with van der Waals surface area (Å²) in [6.45, 7) is 15.0. The van der Waals surface area contributed by atoms with Crippen molar-refractivity contribution in [3.63, 3.8) is 0 Å². The predicted molar refractivity (Wildman–Crippen MR) is 110 cm³/mol. The zero-order valence-corrected chi connectivity index (χ0v) is 16.5. The van der Waals surface area contributed by atoms with Crippen molar-refractivity contribution < 1.29 is 0 Å². The molecular weight excluding hydrogens is 320 g/mol. The van der Waals surface area contributed by atoms with Crippen LogP contribution in [0.3, 0.4) is 0 Å². The summed E-state index contributed by atoms with van der Waals surface area (Å²) in [5.41, 5.74) is 9.94. The molecule has 0 atom stereocenters. The number of aromatic nitrogens is 2. The van der Waals surface area contributed by atoms with Gasteiger partial charge in [0.2, 0.25) is 0 Å². The van der Waals surface area contributed by atoms with Crippen LogP contribution < -0.4 is 10.2 Å². The van der Waals surface area contributed by atoms with Gasteiger partial charge in [0.05, 0.1) is 5.69 Å². The number of fused-ring (bicyclic) bond motifs is 1. The maximum absolute atomic E-state index is 4.95. The molecule has 0 unspecified atom stereocenters. The van der Waals surface area contributed by atoms with Gasteiger partial charge in [-0.2, -0.15) is 0 Å². The molecule has 4 rings (SSSR count). The fourth-order valence-corrected chi connectivity index (χ4v) is 4.39. The number of hydrogen-bond acceptors (Lipinski definition) is 3. The molecule has 1 N–H and O–H groups in total. The number of anilines is 1. The third-order valence-electron chi connectivity index (χ3n) is 5.39. The van der Waals surface area contributed by atoms with Crippen molar-refractivity contribution in [1.82, 2.24) is 14.9 Å². The van der Waals surface area contributed by atoms with Crippen LogP contribution in [0, 0.1) is 34.6 Å². The zero-order valence-electron chi connectivity index (χ0n) is 16.5. The highest BCUT2D eigenvalue weighted by Crippen LogP contribution is 2.34. The Labute approximate surface area is 155 Å². The van der Waals surface area contributed by atoms with Crippen molar-refractivity contribution in [1.29, 1.82) is 0 Å². The van der Waals surface area contributed by atoms with Crippen LogP contribution in [0.25, 0.3) is 16.7 Å². The highest BCUT2D eigenvalue weighted by Gasteiger charge is 2.20. The summed E-state index contributed by atoms with van der Waals surface area (Å²) in [7, 11) is 0. The van der Waals surface area contributed by atoms with E-state index in [0.717, 1.165) is 37.5 Å². The number of aryl methyl sites for hydroxylation is 5. The third kappa shape index (κ3) is 2.78. The van der Waals surface area contributed by atoms with Crippen LogP contribution in [0.5, 0.6) is 0 Å². The Morgan fingerprint density at radius 1 is 0.885 bits per heavy atom. The highest BCUT2D eigenvalue weighted by molar-refractivity contribution is 5.95. The third-order valence-corrected chi connectivity index (χ3v) is 5.39. The summed E-state index contributed by atoms with van der Waals surface area (Å²) >= 11 is 0. The first-order valence-electron chi connectivity index (χ1n) is 9.49. The first kappa shape index (κ1) is 17.1. The molecular formula is C22H28N4. The second-order valence-electron chi connectivity index (χ2n) is 7.65. The van der Waals surface area contributed by atoms with E-state index in [4.69, 9.17) is 4.98 Å². The Kier molecular flexibility index (Phi) is 4.23. The Balaban J connectivity index is 1.98. The van der Waals surface area contributed by atoms with Crippen LogP contribution in [-0.4, -0.2) is 35.7 Å². The summed E-state index contributed by atoms with van der Waals surface area (Å²) in [6.07, 6.45) is 2.26. The van der Waals surface area contributed by atoms with Crippen molar-refractivity contribution in [3.05, 3.63) is 52.3 Å². The average molecular weight is 348 g/mol. The normalized spacial score (nSPS) is 15.0. The first-order chi connectivity index (χ1) is 12.5. The predicted octanol–water partition coefficient (Wildman–Crippen LogP) is 3.98. The molecule has 1 aliphatic heterocycles. The molecule has 0 bridgehead atoms. The summed E-state index contributed by atoms with van der Waals surface area (Å²) < 4.78 is 2.30. The second kappa shape index (κ2) is 6.44. The minimum absolute atomic E-state index is 1.04. The molecule has 2 aromatic heterocycles. The van der Waals surface area contributed by atoms with Gasteiger partial charge < -0.3 is 14.8 Å². The Morgan fingerprint density at radius 2 is 1.54 bits per heavy atom. The molecule has 136 valence electrons. The fraction of sp³-hybridized carbons (Fsp3) is 0.409. The van der Waals surface area contributed by atoms with Gasteiger partial charge in [-0.15, -0.1) is 0 Å². The molecule has 1 aromatic carbocycles. The van der Waals surface area contributed by atoms with Gasteiger partial charge in [-0.3, -0.25) is 0 Å². The number of nitrogens with zero attached hydrogens (tertiary/aromatic N) is 3. The van der Waals surface area contributed by atoms with Crippen LogP contribution in [-0.2, 0) is 0 Å². The van der Waals surface area contributed by atoms with E-state index >= 15 is 0 Å². The standard InChI is InChI=1S/C22H28N4/c1-14-10-15(2)21(16(3)11-14)26-13-17(4)20-19(12-18(5)24-22(20)26)25-8-6-23-7-9-25/h10-13,23H,6-9H2,1-5H3. The van der Waals surface area contributed by atoms with Gasteiger partial charge in [0, 0.05) is 49.1 Å². The Bertz CT molecular complexity index is 954. The molecule has 0 amide bonds. The molecule has 0 aliphatic carbocycles. The van der Waals surface area contributed by atoms with E-state index in [2.05, 4.69) is 73.8 Å². The monoisotopic (exact) mass is 348 g/mol. The van der Waals surface area contributed by atoms with Crippen LogP contribution in [0.15, 0.2) is 24.4 Å². The largest absolute Gasteiger partial charge is 0.368 e. The number of hydrogen-bond donors (Lipinski definition) is 1. The van der Waals surface area contributed by atoms with Gasteiger partial charge in [0.1, 0.15) is 5.65 Å². The minimum atomic E-state index is 1.04. The molecule has 4 heteroatoms. The minimum Gasteiger partial charge on any atom is -0.368 e. The van der Waals surface area contributed by atoms with Crippen LogP contribution in [0.2, 0.25) is 0 Å². The second-order valence-corrected chi connectivity index (χ2v) is 7.65. The first-order valence-corrected chi connectivity index (χ1v) is 9.49. The van der Waals surface area contributed by atoms with Gasteiger partial charge in [0.15, 0.2) is 0 Å². The lowest BCUT2D eigenvalue weighted by molar-refractivity contribution is 0.590. The van der Waals surface area contributed by atoms with Crippen LogP contribution in [0.4, 0.5) is 5.69 Å². The summed E-state index contributed by atoms with van der Waals surface area (Å²) in [4.78, 5) is 7.45. The molecule has 4 nitrogen and oxygen atoms in total. The Morgan fingerprint density at radius 3 is 2.19 bits per heavy atom. The van der Waals surface area contributed by atoms with E-state index in [1.165, 1.54) is 39.0 Å². The molecule has 1 aliphatic rings. The lowest BCUT2D eigenvalue weighted by Gasteiger charge is -2.30. The highest BCUT2D eigenvalue weighted by atomic mass is 15.2. The summed E-state index contributed by atoms with van der Waals surface area (Å²) in [5.74, 6) is 0. The average Bonchev–Trinajstić information content (AvgIpc) is 2.90. The quantitative estimate of drug-likeness (QED) is 0.760. The molecule has 26 heavy (non-hydrogen) atoms. The SMILES string of the molecule is Cc1cc(C)c(-n2cc(C)c3c(N4CCNCC4)cc(C)nc32)c(C)c1. The van der Waals surface area contributed by atoms with E-state index in [-0.39, 0.29) is 0 Å². The van der Waals surface area contributed by atoms with Crippen molar-refractivity contribution >= 4 is 16.7 Å². The van der Waals surface area contributed by atoms with Gasteiger partial charge in [0.25, 0.3) is 0 Å². The van der Waals surface area contributed by atoms with Crippen LogP contribution in [0.1, 0.15) is 27.9 Å². The summed E-state index contributed by atoms with van der Waals surface area (Å²) in [5, 5.41) is 4.74. The van der Waals surface area contributed by atoms with Crippen molar-refractivity contribution in [2.24, 2.45) is 0 Å². The molecule has 0 radical (unpaired) electrons. The van der Waals surface area contributed by atoms with E-state index < -0.39 is 0 Å². The van der Waals surface area contributed by atoms with Gasteiger partial charge in [-0.05, 0) is 57.4 Å². The lowest BCUT2D eigenvalue weighted by atomic mass is 10.1. The van der Waals surface area contributed by atoms with Crippen molar-refractivity contribution in [3.8, 4) is 5.69 Å². The topological polar surface area (TPSA) is 33.1 Å². The van der Waals surface area contributed by atoms with E-state index in [1.54, 1.807) is 0 Å². The van der Waals surface area contributed by atoms with E-state index in [0.29, 0.717) is 0 Å². The lowest BCUT2D eigenvalue weighted by Crippen LogP contribution is -2.43. The van der Waals surface area contributed by atoms with Gasteiger partial charge >= 0.3 is 0 Å². The fourth-order valence-electron chi connectivity index (χ4n) is 4.39. The maximum Gasteiger partial charge on any atom is 0.147 e. The number of piperazine rings is 1.